The maximum absolute atomic E-state index is 12.4. The monoisotopic (exact) mass is 229 g/mol. The van der Waals surface area contributed by atoms with E-state index >= 15 is 0 Å². The molecule has 1 aromatic carbocycles. The Balaban J connectivity index is 1.86. The first-order chi connectivity index (χ1) is 8.25. The molecule has 1 aromatic rings. The Hall–Kier alpha value is -1.64. The molecule has 3 heteroatoms. The Kier molecular flexibility index (Phi) is 2.46. The van der Waals surface area contributed by atoms with Gasteiger partial charge in [-0.2, -0.15) is 0 Å². The standard InChI is InChI=1S/C14H15NO2/c16-13-8-11-6-7-12(9-13)15(11)14(17)10-4-2-1-3-5-10/h1-5,11-12H,6-9H2/t11-,12+. The second-order valence-electron chi connectivity index (χ2n) is 4.91. The highest BCUT2D eigenvalue weighted by Crippen LogP contribution is 2.34. The zero-order chi connectivity index (χ0) is 11.8. The molecule has 2 bridgehead atoms. The van der Waals surface area contributed by atoms with Crippen molar-refractivity contribution in [3.63, 3.8) is 0 Å². The molecule has 0 saturated carbocycles. The summed E-state index contributed by atoms with van der Waals surface area (Å²) in [5.41, 5.74) is 0.735. The molecule has 3 nitrogen and oxygen atoms in total. The molecule has 2 saturated heterocycles. The quantitative estimate of drug-likeness (QED) is 0.738. The largest absolute Gasteiger partial charge is 0.332 e. The van der Waals surface area contributed by atoms with E-state index in [2.05, 4.69) is 0 Å². The number of benzene rings is 1. The van der Waals surface area contributed by atoms with E-state index in [4.69, 9.17) is 0 Å². The minimum atomic E-state index is 0.0885. The maximum Gasteiger partial charge on any atom is 0.254 e. The number of piperidine rings is 1. The summed E-state index contributed by atoms with van der Waals surface area (Å²) in [7, 11) is 0. The average Bonchev–Trinajstić information content (AvgIpc) is 2.62. The van der Waals surface area contributed by atoms with Crippen LogP contribution in [0.1, 0.15) is 36.0 Å². The molecule has 2 fully saturated rings. The summed E-state index contributed by atoms with van der Waals surface area (Å²) in [5.74, 6) is 0.403. The maximum atomic E-state index is 12.4. The fraction of sp³-hybridized carbons (Fsp3) is 0.429. The van der Waals surface area contributed by atoms with Crippen LogP contribution in [0, 0.1) is 0 Å². The Morgan fingerprint density at radius 1 is 1.06 bits per heavy atom. The number of carbonyl (C=O) groups excluding carboxylic acids is 2. The van der Waals surface area contributed by atoms with Crippen molar-refractivity contribution < 1.29 is 9.59 Å². The normalized spacial score (nSPS) is 27.3. The lowest BCUT2D eigenvalue weighted by atomic mass is 10.00. The Morgan fingerprint density at radius 2 is 1.65 bits per heavy atom. The van der Waals surface area contributed by atoms with Crippen LogP contribution in [0.3, 0.4) is 0 Å². The molecule has 0 unspecified atom stereocenters. The number of fused-ring (bicyclic) bond motifs is 2. The van der Waals surface area contributed by atoms with Crippen LogP contribution in [-0.2, 0) is 4.79 Å². The number of ketones is 1. The van der Waals surface area contributed by atoms with Gasteiger partial charge < -0.3 is 4.90 Å². The van der Waals surface area contributed by atoms with Gasteiger partial charge in [-0.15, -0.1) is 0 Å². The zero-order valence-electron chi connectivity index (χ0n) is 9.63. The van der Waals surface area contributed by atoms with E-state index in [1.807, 2.05) is 35.2 Å². The van der Waals surface area contributed by atoms with Crippen molar-refractivity contribution in [3.8, 4) is 0 Å². The van der Waals surface area contributed by atoms with Gasteiger partial charge in [0.25, 0.3) is 5.91 Å². The summed E-state index contributed by atoms with van der Waals surface area (Å²) in [5, 5.41) is 0. The summed E-state index contributed by atoms with van der Waals surface area (Å²) in [6.45, 7) is 0. The number of rotatable bonds is 1. The number of hydrogen-bond donors (Lipinski definition) is 0. The van der Waals surface area contributed by atoms with Gasteiger partial charge in [-0.3, -0.25) is 9.59 Å². The lowest BCUT2D eigenvalue weighted by Crippen LogP contribution is -2.46. The van der Waals surface area contributed by atoms with E-state index < -0.39 is 0 Å². The van der Waals surface area contributed by atoms with Gasteiger partial charge in [-0.1, -0.05) is 18.2 Å². The summed E-state index contributed by atoms with van der Waals surface area (Å²) in [6, 6.07) is 9.65. The third-order valence-electron chi connectivity index (χ3n) is 3.80. The average molecular weight is 229 g/mol. The van der Waals surface area contributed by atoms with E-state index in [9.17, 15) is 9.59 Å². The van der Waals surface area contributed by atoms with Crippen molar-refractivity contribution in [3.05, 3.63) is 35.9 Å². The molecular weight excluding hydrogens is 214 g/mol. The smallest absolute Gasteiger partial charge is 0.254 e. The van der Waals surface area contributed by atoms with E-state index in [1.165, 1.54) is 0 Å². The second-order valence-corrected chi connectivity index (χ2v) is 4.91. The third-order valence-corrected chi connectivity index (χ3v) is 3.80. The number of Topliss-reactive ketones (excluding diaryl/α,β-unsaturated/α-hetero) is 1. The number of amides is 1. The molecular formula is C14H15NO2. The summed E-state index contributed by atoms with van der Waals surface area (Å²) in [6.07, 6.45) is 3.06. The van der Waals surface area contributed by atoms with Gasteiger partial charge in [0.05, 0.1) is 0 Å². The summed E-state index contributed by atoms with van der Waals surface area (Å²) >= 11 is 0. The lowest BCUT2D eigenvalue weighted by molar-refractivity contribution is -0.122. The van der Waals surface area contributed by atoms with Crippen LogP contribution in [0.5, 0.6) is 0 Å². The van der Waals surface area contributed by atoms with Crippen LogP contribution in [0.15, 0.2) is 30.3 Å². The summed E-state index contributed by atoms with van der Waals surface area (Å²) in [4.78, 5) is 25.8. The predicted octanol–water partition coefficient (Wildman–Crippen LogP) is 2.02. The van der Waals surface area contributed by atoms with Crippen molar-refractivity contribution in [1.29, 1.82) is 0 Å². The second kappa shape index (κ2) is 3.99. The van der Waals surface area contributed by atoms with Crippen LogP contribution in [-0.4, -0.2) is 28.7 Å². The highest BCUT2D eigenvalue weighted by molar-refractivity contribution is 5.96. The molecule has 2 aliphatic rings. The zero-order valence-corrected chi connectivity index (χ0v) is 9.63. The van der Waals surface area contributed by atoms with Crippen molar-refractivity contribution >= 4 is 11.7 Å². The van der Waals surface area contributed by atoms with Crippen molar-refractivity contribution in [2.24, 2.45) is 0 Å². The van der Waals surface area contributed by atoms with Crippen molar-refractivity contribution in [1.82, 2.24) is 4.90 Å². The first-order valence-corrected chi connectivity index (χ1v) is 6.15. The molecule has 2 atom stereocenters. The molecule has 0 N–H and O–H groups in total. The lowest BCUT2D eigenvalue weighted by Gasteiger charge is -2.34. The molecule has 2 aliphatic heterocycles. The van der Waals surface area contributed by atoms with E-state index in [0.29, 0.717) is 18.6 Å². The van der Waals surface area contributed by atoms with Gasteiger partial charge in [-0.25, -0.2) is 0 Å². The first-order valence-electron chi connectivity index (χ1n) is 6.15. The van der Waals surface area contributed by atoms with Gasteiger partial charge in [0, 0.05) is 30.5 Å². The van der Waals surface area contributed by atoms with Gasteiger partial charge in [0.1, 0.15) is 5.78 Å². The molecule has 0 spiro atoms. The van der Waals surface area contributed by atoms with Crippen molar-refractivity contribution in [2.45, 2.75) is 37.8 Å². The SMILES string of the molecule is O=C1C[C@H]2CC[C@@H](C1)N2C(=O)c1ccccc1. The minimum Gasteiger partial charge on any atom is -0.332 e. The predicted molar refractivity (Wildman–Crippen MR) is 63.7 cm³/mol. The molecule has 0 aromatic heterocycles. The Bertz CT molecular complexity index is 439. The van der Waals surface area contributed by atoms with Crippen molar-refractivity contribution in [2.75, 3.05) is 0 Å². The molecule has 0 aliphatic carbocycles. The van der Waals surface area contributed by atoms with Gasteiger partial charge in [-0.05, 0) is 25.0 Å². The first kappa shape index (κ1) is 10.5. The van der Waals surface area contributed by atoms with Crippen LogP contribution < -0.4 is 0 Å². The van der Waals surface area contributed by atoms with Crippen LogP contribution in [0.2, 0.25) is 0 Å². The highest BCUT2D eigenvalue weighted by atomic mass is 16.2. The van der Waals surface area contributed by atoms with Crippen LogP contribution >= 0.6 is 0 Å². The minimum absolute atomic E-state index is 0.0885. The molecule has 2 heterocycles. The fourth-order valence-corrected chi connectivity index (χ4v) is 3.03. The van der Waals surface area contributed by atoms with E-state index in [1.54, 1.807) is 0 Å². The van der Waals surface area contributed by atoms with Gasteiger partial charge in [0.15, 0.2) is 0 Å². The van der Waals surface area contributed by atoms with Crippen LogP contribution in [0.25, 0.3) is 0 Å². The molecule has 17 heavy (non-hydrogen) atoms. The third kappa shape index (κ3) is 1.75. The fourth-order valence-electron chi connectivity index (χ4n) is 3.03. The number of hydrogen-bond acceptors (Lipinski definition) is 2. The topological polar surface area (TPSA) is 37.4 Å². The van der Waals surface area contributed by atoms with Crippen LogP contribution in [0.4, 0.5) is 0 Å². The molecule has 3 rings (SSSR count). The van der Waals surface area contributed by atoms with E-state index in [-0.39, 0.29) is 18.0 Å². The summed E-state index contributed by atoms with van der Waals surface area (Å²) < 4.78 is 0. The Labute approximate surface area is 100 Å². The number of carbonyl (C=O) groups is 2. The molecule has 1 amide bonds. The Morgan fingerprint density at radius 3 is 2.24 bits per heavy atom. The van der Waals surface area contributed by atoms with E-state index in [0.717, 1.165) is 18.4 Å². The highest BCUT2D eigenvalue weighted by Gasteiger charge is 2.42. The molecule has 88 valence electrons. The number of nitrogens with zero attached hydrogens (tertiary/aromatic N) is 1. The van der Waals surface area contributed by atoms with Gasteiger partial charge in [0.2, 0.25) is 0 Å². The van der Waals surface area contributed by atoms with Gasteiger partial charge >= 0.3 is 0 Å². The molecule has 0 radical (unpaired) electrons.